The van der Waals surface area contributed by atoms with E-state index in [9.17, 15) is 4.79 Å². The number of carbonyl (C=O) groups is 1. The van der Waals surface area contributed by atoms with Gasteiger partial charge in [0.05, 0.1) is 18.1 Å². The highest BCUT2D eigenvalue weighted by atomic mass is 32.2. The zero-order valence-electron chi connectivity index (χ0n) is 15.2. The van der Waals surface area contributed by atoms with Crippen LogP contribution in [0, 0.1) is 5.92 Å². The van der Waals surface area contributed by atoms with Crippen LogP contribution in [0.25, 0.3) is 11.0 Å². The third kappa shape index (κ3) is 4.05. The lowest BCUT2D eigenvalue weighted by Crippen LogP contribution is -2.31. The van der Waals surface area contributed by atoms with Crippen LogP contribution in [-0.4, -0.2) is 51.5 Å². The summed E-state index contributed by atoms with van der Waals surface area (Å²) in [7, 11) is 0. The molecule has 8 heteroatoms. The lowest BCUT2D eigenvalue weighted by Gasteiger charge is -2.28. The van der Waals surface area contributed by atoms with Gasteiger partial charge >= 0.3 is 0 Å². The van der Waals surface area contributed by atoms with Gasteiger partial charge in [0, 0.05) is 25.6 Å². The number of aromatic nitrogens is 4. The maximum absolute atomic E-state index is 11.7. The molecule has 7 nitrogen and oxygen atoms in total. The molecule has 1 aliphatic heterocycles. The molecule has 1 aliphatic rings. The first-order valence-electron chi connectivity index (χ1n) is 8.90. The summed E-state index contributed by atoms with van der Waals surface area (Å²) in [6.07, 6.45) is 7.54. The number of carbonyl (C=O) groups excluding carboxylic acids is 1. The number of hydrogen-bond acceptors (Lipinski definition) is 6. The molecule has 3 heterocycles. The van der Waals surface area contributed by atoms with Crippen molar-refractivity contribution in [3.05, 3.63) is 6.20 Å². The van der Waals surface area contributed by atoms with Crippen LogP contribution in [0.1, 0.15) is 33.1 Å². The second-order valence-electron chi connectivity index (χ2n) is 6.63. The SMILES string of the molecule is CSc1nc(N2CCCCC2)c2cnn(CCNC(=O)C(C)C)c2n1. The van der Waals surface area contributed by atoms with Crippen molar-refractivity contribution in [3.8, 4) is 0 Å². The molecule has 25 heavy (non-hydrogen) atoms. The summed E-state index contributed by atoms with van der Waals surface area (Å²) < 4.78 is 1.87. The maximum Gasteiger partial charge on any atom is 0.222 e. The van der Waals surface area contributed by atoms with Gasteiger partial charge in [0.15, 0.2) is 10.8 Å². The van der Waals surface area contributed by atoms with Crippen LogP contribution in [0.5, 0.6) is 0 Å². The summed E-state index contributed by atoms with van der Waals surface area (Å²) in [5, 5.41) is 9.19. The predicted octanol–water partition coefficient (Wildman–Crippen LogP) is 2.31. The molecule has 0 spiro atoms. The quantitative estimate of drug-likeness (QED) is 0.628. The average Bonchev–Trinajstić information content (AvgIpc) is 3.04. The standard InChI is InChI=1S/C17H26N6OS/c1-12(2)16(24)18-7-10-23-15-13(11-19-23)14(20-17(21-15)25-3)22-8-5-4-6-9-22/h11-12H,4-10H2,1-3H3,(H,18,24). The molecular weight excluding hydrogens is 336 g/mol. The van der Waals surface area contributed by atoms with Crippen molar-refractivity contribution < 1.29 is 4.79 Å². The summed E-state index contributed by atoms with van der Waals surface area (Å²) in [6, 6.07) is 0. The topological polar surface area (TPSA) is 75.9 Å². The van der Waals surface area contributed by atoms with E-state index in [2.05, 4.69) is 20.3 Å². The summed E-state index contributed by atoms with van der Waals surface area (Å²) in [4.78, 5) is 23.5. The Hall–Kier alpha value is -1.83. The Kier molecular flexibility index (Phi) is 5.78. The Morgan fingerprint density at radius 3 is 2.72 bits per heavy atom. The molecule has 136 valence electrons. The Labute approximate surface area is 152 Å². The number of thioether (sulfide) groups is 1. The minimum absolute atomic E-state index is 0.00881. The van der Waals surface area contributed by atoms with Gasteiger partial charge in [0.2, 0.25) is 5.91 Å². The molecule has 1 amide bonds. The molecule has 0 aliphatic carbocycles. The molecule has 2 aromatic heterocycles. The zero-order valence-corrected chi connectivity index (χ0v) is 16.0. The lowest BCUT2D eigenvalue weighted by molar-refractivity contribution is -0.124. The number of rotatable bonds is 6. The minimum Gasteiger partial charge on any atom is -0.356 e. The molecule has 0 radical (unpaired) electrons. The van der Waals surface area contributed by atoms with Crippen molar-refractivity contribution in [2.45, 2.75) is 44.8 Å². The number of amides is 1. The van der Waals surface area contributed by atoms with Crippen LogP contribution in [-0.2, 0) is 11.3 Å². The van der Waals surface area contributed by atoms with Crippen molar-refractivity contribution in [3.63, 3.8) is 0 Å². The smallest absolute Gasteiger partial charge is 0.222 e. The normalized spacial score (nSPS) is 15.1. The van der Waals surface area contributed by atoms with E-state index < -0.39 is 0 Å². The molecule has 1 fully saturated rings. The van der Waals surface area contributed by atoms with Gasteiger partial charge in [-0.1, -0.05) is 25.6 Å². The summed E-state index contributed by atoms with van der Waals surface area (Å²) in [6.45, 7) is 7.01. The van der Waals surface area contributed by atoms with Crippen LogP contribution in [0.15, 0.2) is 11.4 Å². The largest absolute Gasteiger partial charge is 0.356 e. The predicted molar refractivity (Wildman–Crippen MR) is 101 cm³/mol. The highest BCUT2D eigenvalue weighted by molar-refractivity contribution is 7.98. The van der Waals surface area contributed by atoms with Gasteiger partial charge in [-0.25, -0.2) is 14.6 Å². The zero-order chi connectivity index (χ0) is 17.8. The third-order valence-electron chi connectivity index (χ3n) is 4.44. The fourth-order valence-corrected chi connectivity index (χ4v) is 3.37. The van der Waals surface area contributed by atoms with Gasteiger partial charge in [0.1, 0.15) is 5.82 Å². The minimum atomic E-state index is -0.00881. The Morgan fingerprint density at radius 2 is 2.04 bits per heavy atom. The highest BCUT2D eigenvalue weighted by Crippen LogP contribution is 2.28. The monoisotopic (exact) mass is 362 g/mol. The molecule has 0 aromatic carbocycles. The van der Waals surface area contributed by atoms with Crippen molar-refractivity contribution in [2.24, 2.45) is 5.92 Å². The number of hydrogen-bond donors (Lipinski definition) is 1. The van der Waals surface area contributed by atoms with E-state index in [1.165, 1.54) is 19.3 Å². The second kappa shape index (κ2) is 8.03. The molecule has 0 bridgehead atoms. The number of fused-ring (bicyclic) bond motifs is 1. The Morgan fingerprint density at radius 1 is 1.28 bits per heavy atom. The third-order valence-corrected chi connectivity index (χ3v) is 4.99. The van der Waals surface area contributed by atoms with E-state index in [0.29, 0.717) is 13.1 Å². The van der Waals surface area contributed by atoms with Crippen molar-refractivity contribution >= 4 is 34.5 Å². The van der Waals surface area contributed by atoms with E-state index in [4.69, 9.17) is 4.98 Å². The van der Waals surface area contributed by atoms with Crippen molar-refractivity contribution in [2.75, 3.05) is 30.8 Å². The molecular formula is C17H26N6OS. The maximum atomic E-state index is 11.7. The van der Waals surface area contributed by atoms with E-state index in [1.54, 1.807) is 11.8 Å². The van der Waals surface area contributed by atoms with Crippen LogP contribution in [0.2, 0.25) is 0 Å². The van der Waals surface area contributed by atoms with Gasteiger partial charge in [-0.15, -0.1) is 0 Å². The molecule has 1 N–H and O–H groups in total. The first-order valence-corrected chi connectivity index (χ1v) is 10.1. The Balaban J connectivity index is 1.84. The van der Waals surface area contributed by atoms with Crippen LogP contribution in [0.3, 0.4) is 0 Å². The van der Waals surface area contributed by atoms with Gasteiger partial charge in [-0.2, -0.15) is 5.10 Å². The van der Waals surface area contributed by atoms with Crippen molar-refractivity contribution in [1.29, 1.82) is 0 Å². The first-order chi connectivity index (χ1) is 12.1. The molecule has 0 atom stereocenters. The van der Waals surface area contributed by atoms with Crippen LogP contribution >= 0.6 is 11.8 Å². The van der Waals surface area contributed by atoms with Gasteiger partial charge in [0.25, 0.3) is 0 Å². The molecule has 1 saturated heterocycles. The van der Waals surface area contributed by atoms with Crippen molar-refractivity contribution in [1.82, 2.24) is 25.1 Å². The Bertz CT molecular complexity index is 738. The number of anilines is 1. The number of nitrogens with one attached hydrogen (secondary N) is 1. The fraction of sp³-hybridized carbons (Fsp3) is 0.647. The summed E-state index contributed by atoms with van der Waals surface area (Å²) in [5.41, 5.74) is 0.846. The lowest BCUT2D eigenvalue weighted by atomic mass is 10.1. The van der Waals surface area contributed by atoms with Gasteiger partial charge < -0.3 is 10.2 Å². The molecule has 3 rings (SSSR count). The first kappa shape index (κ1) is 18.0. The van der Waals surface area contributed by atoms with E-state index in [-0.39, 0.29) is 11.8 Å². The van der Waals surface area contributed by atoms with Gasteiger partial charge in [-0.05, 0) is 25.5 Å². The van der Waals surface area contributed by atoms with E-state index in [0.717, 1.165) is 35.1 Å². The van der Waals surface area contributed by atoms with Crippen LogP contribution in [0.4, 0.5) is 5.82 Å². The average molecular weight is 363 g/mol. The van der Waals surface area contributed by atoms with E-state index >= 15 is 0 Å². The molecule has 0 unspecified atom stereocenters. The number of piperidine rings is 1. The molecule has 0 saturated carbocycles. The van der Waals surface area contributed by atoms with Crippen LogP contribution < -0.4 is 10.2 Å². The summed E-state index contributed by atoms with van der Waals surface area (Å²) >= 11 is 1.55. The van der Waals surface area contributed by atoms with E-state index in [1.807, 2.05) is 31.0 Å². The van der Waals surface area contributed by atoms with Gasteiger partial charge in [-0.3, -0.25) is 4.79 Å². The highest BCUT2D eigenvalue weighted by Gasteiger charge is 2.19. The fourth-order valence-electron chi connectivity index (χ4n) is 3.01. The molecule has 2 aromatic rings. The summed E-state index contributed by atoms with van der Waals surface area (Å²) in [5.74, 6) is 1.04. The second-order valence-corrected chi connectivity index (χ2v) is 7.41. The number of nitrogens with zero attached hydrogens (tertiary/aromatic N) is 5.